The predicted octanol–water partition coefficient (Wildman–Crippen LogP) is 3.90. The summed E-state index contributed by atoms with van der Waals surface area (Å²) in [7, 11) is 4.79. The topological polar surface area (TPSA) is 71.5 Å². The Kier molecular flexibility index (Phi) is 6.54. The maximum absolute atomic E-state index is 14.4. The van der Waals surface area contributed by atoms with Gasteiger partial charge >= 0.3 is 0 Å². The Bertz CT molecular complexity index is 1400. The zero-order chi connectivity index (χ0) is 27.1. The molecule has 39 heavy (non-hydrogen) atoms. The summed E-state index contributed by atoms with van der Waals surface area (Å²) in [4.78, 5) is 34.4. The van der Waals surface area contributed by atoms with Gasteiger partial charge in [0.05, 0.1) is 33.3 Å². The lowest BCUT2D eigenvalue weighted by Crippen LogP contribution is -2.54. The van der Waals surface area contributed by atoms with E-state index in [1.807, 2.05) is 40.1 Å². The van der Waals surface area contributed by atoms with Crippen LogP contribution in [-0.2, 0) is 11.2 Å². The molecule has 1 fully saturated rings. The van der Waals surface area contributed by atoms with Crippen LogP contribution in [0.5, 0.6) is 17.2 Å². The van der Waals surface area contributed by atoms with Gasteiger partial charge in [0.1, 0.15) is 5.75 Å². The standard InChI is InChI=1S/C31H33N3O5/c1-37-22-10-8-21(9-11-22)32-14-16-33(17-15-32)31(36)28-24-18-26(38-2)27(39-3)19-25(24)30(35)34-13-12-20-6-4-5-7-23(20)29(28)34/h4-11,18-19,28-29H,12-17H2,1-3H3. The fourth-order valence-electron chi connectivity index (χ4n) is 6.29. The first-order valence-corrected chi connectivity index (χ1v) is 13.4. The molecule has 3 heterocycles. The van der Waals surface area contributed by atoms with Gasteiger partial charge in [-0.3, -0.25) is 9.59 Å². The Morgan fingerprint density at radius 1 is 0.795 bits per heavy atom. The van der Waals surface area contributed by atoms with Gasteiger partial charge in [-0.1, -0.05) is 24.3 Å². The summed E-state index contributed by atoms with van der Waals surface area (Å²) in [6.45, 7) is 3.24. The van der Waals surface area contributed by atoms with Crippen LogP contribution >= 0.6 is 0 Å². The number of hydrogen-bond donors (Lipinski definition) is 0. The van der Waals surface area contributed by atoms with E-state index in [-0.39, 0.29) is 17.9 Å². The Balaban J connectivity index is 1.36. The third kappa shape index (κ3) is 4.24. The molecular formula is C31H33N3O5. The Morgan fingerprint density at radius 2 is 1.49 bits per heavy atom. The highest BCUT2D eigenvalue weighted by Gasteiger charge is 2.48. The molecule has 3 aromatic carbocycles. The summed E-state index contributed by atoms with van der Waals surface area (Å²) in [5.74, 6) is 1.26. The largest absolute Gasteiger partial charge is 0.497 e. The second-order valence-corrected chi connectivity index (χ2v) is 10.2. The van der Waals surface area contributed by atoms with E-state index in [1.165, 1.54) is 5.56 Å². The van der Waals surface area contributed by atoms with Crippen LogP contribution < -0.4 is 19.1 Å². The van der Waals surface area contributed by atoms with E-state index in [2.05, 4.69) is 29.2 Å². The van der Waals surface area contributed by atoms with Gasteiger partial charge in [0.2, 0.25) is 5.91 Å². The van der Waals surface area contributed by atoms with Crippen LogP contribution in [0.25, 0.3) is 0 Å². The fourth-order valence-corrected chi connectivity index (χ4v) is 6.29. The molecule has 0 bridgehead atoms. The summed E-state index contributed by atoms with van der Waals surface area (Å²) < 4.78 is 16.4. The molecule has 8 nitrogen and oxygen atoms in total. The zero-order valence-corrected chi connectivity index (χ0v) is 22.6. The number of nitrogens with zero attached hydrogens (tertiary/aromatic N) is 3. The summed E-state index contributed by atoms with van der Waals surface area (Å²) >= 11 is 0. The maximum Gasteiger partial charge on any atom is 0.254 e. The number of carbonyl (C=O) groups is 2. The van der Waals surface area contributed by atoms with Gasteiger partial charge in [0.25, 0.3) is 5.91 Å². The summed E-state index contributed by atoms with van der Waals surface area (Å²) in [6, 6.07) is 19.4. The lowest BCUT2D eigenvalue weighted by Gasteiger charge is -2.47. The average molecular weight is 528 g/mol. The summed E-state index contributed by atoms with van der Waals surface area (Å²) in [5.41, 5.74) is 4.57. The zero-order valence-electron chi connectivity index (χ0n) is 22.6. The van der Waals surface area contributed by atoms with Crippen molar-refractivity contribution in [2.75, 3.05) is 59.0 Å². The van der Waals surface area contributed by atoms with E-state index in [9.17, 15) is 9.59 Å². The molecule has 202 valence electrons. The molecule has 2 unspecified atom stereocenters. The number of rotatable bonds is 5. The van der Waals surface area contributed by atoms with Crippen LogP contribution in [-0.4, -0.2) is 75.7 Å². The van der Waals surface area contributed by atoms with Crippen molar-refractivity contribution >= 4 is 17.5 Å². The number of anilines is 1. The van der Waals surface area contributed by atoms with Gasteiger partial charge in [-0.15, -0.1) is 0 Å². The second kappa shape index (κ2) is 10.2. The number of benzene rings is 3. The van der Waals surface area contributed by atoms with Crippen molar-refractivity contribution in [1.29, 1.82) is 0 Å². The van der Waals surface area contributed by atoms with Crippen molar-refractivity contribution in [3.63, 3.8) is 0 Å². The van der Waals surface area contributed by atoms with E-state index in [0.29, 0.717) is 42.3 Å². The Hall–Kier alpha value is -4.20. The lowest BCUT2D eigenvalue weighted by molar-refractivity contribution is -0.135. The van der Waals surface area contributed by atoms with Crippen molar-refractivity contribution in [2.45, 2.75) is 18.4 Å². The molecule has 6 rings (SSSR count). The van der Waals surface area contributed by atoms with Crippen molar-refractivity contribution in [3.05, 3.63) is 82.9 Å². The highest BCUT2D eigenvalue weighted by atomic mass is 16.5. The molecule has 3 aliphatic rings. The first-order chi connectivity index (χ1) is 19.0. The molecule has 0 aliphatic carbocycles. The van der Waals surface area contributed by atoms with E-state index >= 15 is 0 Å². The van der Waals surface area contributed by atoms with Gasteiger partial charge in [0.15, 0.2) is 11.5 Å². The minimum Gasteiger partial charge on any atom is -0.497 e. The molecule has 0 spiro atoms. The number of fused-ring (bicyclic) bond motifs is 4. The SMILES string of the molecule is COc1ccc(N2CCN(C(=O)C3c4cc(OC)c(OC)cc4C(=O)N4CCc5ccccc5C34)CC2)cc1. The quantitative estimate of drug-likeness (QED) is 0.501. The number of ether oxygens (including phenoxy) is 3. The minimum atomic E-state index is -0.536. The molecule has 0 saturated carbocycles. The third-order valence-corrected chi connectivity index (χ3v) is 8.32. The molecule has 0 N–H and O–H groups in total. The van der Waals surface area contributed by atoms with E-state index in [4.69, 9.17) is 14.2 Å². The maximum atomic E-state index is 14.4. The van der Waals surface area contributed by atoms with E-state index in [0.717, 1.165) is 36.5 Å². The molecular weight excluding hydrogens is 494 g/mol. The molecule has 2 atom stereocenters. The molecule has 3 aromatic rings. The van der Waals surface area contributed by atoms with E-state index in [1.54, 1.807) is 27.4 Å². The smallest absolute Gasteiger partial charge is 0.254 e. The molecule has 0 aromatic heterocycles. The first kappa shape index (κ1) is 25.1. The monoisotopic (exact) mass is 527 g/mol. The Morgan fingerprint density at radius 3 is 2.18 bits per heavy atom. The third-order valence-electron chi connectivity index (χ3n) is 8.32. The molecule has 0 radical (unpaired) electrons. The number of amides is 2. The number of methoxy groups -OCH3 is 3. The van der Waals surface area contributed by atoms with Crippen molar-refractivity contribution < 1.29 is 23.8 Å². The molecule has 2 amide bonds. The van der Waals surface area contributed by atoms with Crippen molar-refractivity contribution in [3.8, 4) is 17.2 Å². The van der Waals surface area contributed by atoms with Crippen LogP contribution in [0.1, 0.15) is 39.0 Å². The number of carbonyl (C=O) groups excluding carboxylic acids is 2. The average Bonchev–Trinajstić information content (AvgIpc) is 3.00. The van der Waals surface area contributed by atoms with Crippen LogP contribution in [0.2, 0.25) is 0 Å². The van der Waals surface area contributed by atoms with Gasteiger partial charge in [-0.2, -0.15) is 0 Å². The molecule has 8 heteroatoms. The fraction of sp³-hybridized carbons (Fsp3) is 0.355. The molecule has 1 saturated heterocycles. The Labute approximate surface area is 228 Å². The summed E-state index contributed by atoms with van der Waals surface area (Å²) in [5, 5.41) is 0. The van der Waals surface area contributed by atoms with Crippen LogP contribution in [0.15, 0.2) is 60.7 Å². The molecule has 3 aliphatic heterocycles. The van der Waals surface area contributed by atoms with Crippen LogP contribution in [0.4, 0.5) is 5.69 Å². The highest BCUT2D eigenvalue weighted by Crippen LogP contribution is 2.49. The summed E-state index contributed by atoms with van der Waals surface area (Å²) in [6.07, 6.45) is 0.766. The van der Waals surface area contributed by atoms with E-state index < -0.39 is 5.92 Å². The van der Waals surface area contributed by atoms with Gasteiger partial charge in [-0.05, 0) is 59.5 Å². The van der Waals surface area contributed by atoms with Gasteiger partial charge < -0.3 is 28.9 Å². The van der Waals surface area contributed by atoms with Crippen LogP contribution in [0, 0.1) is 0 Å². The first-order valence-electron chi connectivity index (χ1n) is 13.4. The highest BCUT2D eigenvalue weighted by molar-refractivity contribution is 6.02. The van der Waals surface area contributed by atoms with Crippen LogP contribution in [0.3, 0.4) is 0 Å². The van der Waals surface area contributed by atoms with Crippen molar-refractivity contribution in [1.82, 2.24) is 9.80 Å². The lowest BCUT2D eigenvalue weighted by atomic mass is 9.75. The second-order valence-electron chi connectivity index (χ2n) is 10.2. The van der Waals surface area contributed by atoms with Gasteiger partial charge in [0, 0.05) is 44.0 Å². The van der Waals surface area contributed by atoms with Gasteiger partial charge in [-0.25, -0.2) is 0 Å². The normalized spacial score (nSPS) is 20.1. The minimum absolute atomic E-state index is 0.0389. The number of hydrogen-bond acceptors (Lipinski definition) is 6. The predicted molar refractivity (Wildman–Crippen MR) is 148 cm³/mol. The van der Waals surface area contributed by atoms with Crippen molar-refractivity contribution in [2.24, 2.45) is 0 Å². The number of piperazine rings is 1.